The minimum atomic E-state index is -0.573. The standard InChI is InChI=1S/C16H19N5O2/c1-4-23-16(22)19-15-6-5-14(7-12(15)8-17)18-9-13-10-21(3)20-11(13)2/h5-7,10,18H,4,9H2,1-3H3,(H,19,22). The lowest BCUT2D eigenvalue weighted by atomic mass is 10.1. The third-order valence-electron chi connectivity index (χ3n) is 3.25. The summed E-state index contributed by atoms with van der Waals surface area (Å²) in [6, 6.07) is 7.23. The molecule has 0 bridgehead atoms. The van der Waals surface area contributed by atoms with Gasteiger partial charge in [0.05, 0.1) is 23.6 Å². The molecule has 0 radical (unpaired) electrons. The van der Waals surface area contributed by atoms with Crippen molar-refractivity contribution in [1.29, 1.82) is 5.26 Å². The minimum absolute atomic E-state index is 0.276. The Labute approximate surface area is 134 Å². The molecule has 1 heterocycles. The molecule has 0 fully saturated rings. The van der Waals surface area contributed by atoms with Crippen molar-refractivity contribution < 1.29 is 9.53 Å². The highest BCUT2D eigenvalue weighted by atomic mass is 16.5. The molecule has 0 aliphatic carbocycles. The van der Waals surface area contributed by atoms with Crippen LogP contribution in [-0.2, 0) is 18.3 Å². The number of hydrogen-bond acceptors (Lipinski definition) is 5. The Morgan fingerprint density at radius 1 is 1.48 bits per heavy atom. The van der Waals surface area contributed by atoms with Gasteiger partial charge in [0, 0.05) is 31.0 Å². The third kappa shape index (κ3) is 4.23. The summed E-state index contributed by atoms with van der Waals surface area (Å²) in [4.78, 5) is 11.4. The predicted molar refractivity (Wildman–Crippen MR) is 87.1 cm³/mol. The second-order valence-corrected chi connectivity index (χ2v) is 4.98. The van der Waals surface area contributed by atoms with E-state index in [1.54, 1.807) is 29.8 Å². The van der Waals surface area contributed by atoms with Gasteiger partial charge in [-0.25, -0.2) is 4.79 Å². The Morgan fingerprint density at radius 2 is 2.26 bits per heavy atom. The molecule has 120 valence electrons. The number of anilines is 2. The van der Waals surface area contributed by atoms with Gasteiger partial charge in [-0.2, -0.15) is 10.4 Å². The number of carbonyl (C=O) groups excluding carboxylic acids is 1. The van der Waals surface area contributed by atoms with Crippen molar-refractivity contribution in [3.05, 3.63) is 41.2 Å². The Bertz CT molecular complexity index is 745. The first-order valence-electron chi connectivity index (χ1n) is 7.24. The highest BCUT2D eigenvalue weighted by Crippen LogP contribution is 2.21. The predicted octanol–water partition coefficient (Wildman–Crippen LogP) is 2.78. The molecule has 23 heavy (non-hydrogen) atoms. The smallest absolute Gasteiger partial charge is 0.411 e. The number of aryl methyl sites for hydroxylation is 2. The fraction of sp³-hybridized carbons (Fsp3) is 0.312. The van der Waals surface area contributed by atoms with E-state index in [-0.39, 0.29) is 6.61 Å². The van der Waals surface area contributed by atoms with Crippen molar-refractivity contribution in [2.45, 2.75) is 20.4 Å². The van der Waals surface area contributed by atoms with Crippen LogP contribution in [0.3, 0.4) is 0 Å². The maximum absolute atomic E-state index is 11.4. The largest absolute Gasteiger partial charge is 0.450 e. The highest BCUT2D eigenvalue weighted by molar-refractivity contribution is 5.87. The molecule has 0 unspecified atom stereocenters. The zero-order valence-electron chi connectivity index (χ0n) is 13.4. The van der Waals surface area contributed by atoms with E-state index in [1.165, 1.54) is 0 Å². The maximum atomic E-state index is 11.4. The number of benzene rings is 1. The quantitative estimate of drug-likeness (QED) is 0.885. The molecule has 2 aromatic rings. The van der Waals surface area contributed by atoms with E-state index < -0.39 is 6.09 Å². The lowest BCUT2D eigenvalue weighted by Gasteiger charge is -2.10. The van der Waals surface area contributed by atoms with E-state index >= 15 is 0 Å². The minimum Gasteiger partial charge on any atom is -0.450 e. The third-order valence-corrected chi connectivity index (χ3v) is 3.25. The van der Waals surface area contributed by atoms with E-state index in [4.69, 9.17) is 4.74 Å². The number of aromatic nitrogens is 2. The van der Waals surface area contributed by atoms with Crippen LogP contribution in [0.5, 0.6) is 0 Å². The second-order valence-electron chi connectivity index (χ2n) is 4.98. The van der Waals surface area contributed by atoms with Gasteiger partial charge in [-0.1, -0.05) is 0 Å². The van der Waals surface area contributed by atoms with E-state index in [0.717, 1.165) is 16.9 Å². The van der Waals surface area contributed by atoms with Gasteiger partial charge in [-0.15, -0.1) is 0 Å². The molecule has 2 rings (SSSR count). The Kier molecular flexibility index (Phi) is 5.20. The first kappa shape index (κ1) is 16.4. The summed E-state index contributed by atoms with van der Waals surface area (Å²) < 4.78 is 6.58. The molecule has 0 atom stereocenters. The first-order valence-corrected chi connectivity index (χ1v) is 7.24. The summed E-state index contributed by atoms with van der Waals surface area (Å²) in [7, 11) is 1.88. The summed E-state index contributed by atoms with van der Waals surface area (Å²) in [6.45, 7) is 4.55. The van der Waals surface area contributed by atoms with Crippen LogP contribution in [0.4, 0.5) is 16.2 Å². The van der Waals surface area contributed by atoms with Crippen LogP contribution >= 0.6 is 0 Å². The zero-order chi connectivity index (χ0) is 16.8. The molecular weight excluding hydrogens is 294 g/mol. The summed E-state index contributed by atoms with van der Waals surface area (Å²) in [6.07, 6.45) is 1.38. The van der Waals surface area contributed by atoms with Crippen LogP contribution in [-0.4, -0.2) is 22.5 Å². The van der Waals surface area contributed by atoms with Gasteiger partial charge in [-0.3, -0.25) is 10.00 Å². The lowest BCUT2D eigenvalue weighted by Crippen LogP contribution is -2.14. The molecule has 7 nitrogen and oxygen atoms in total. The van der Waals surface area contributed by atoms with Crippen molar-refractivity contribution in [2.75, 3.05) is 17.2 Å². The van der Waals surface area contributed by atoms with Crippen molar-refractivity contribution >= 4 is 17.5 Å². The topological polar surface area (TPSA) is 92.0 Å². The van der Waals surface area contributed by atoms with Crippen molar-refractivity contribution in [3.8, 4) is 6.07 Å². The number of hydrogen-bond donors (Lipinski definition) is 2. The average molecular weight is 313 g/mol. The Morgan fingerprint density at radius 3 is 2.87 bits per heavy atom. The number of amides is 1. The summed E-state index contributed by atoms with van der Waals surface area (Å²) in [5.74, 6) is 0. The van der Waals surface area contributed by atoms with Crippen molar-refractivity contribution in [3.63, 3.8) is 0 Å². The fourth-order valence-corrected chi connectivity index (χ4v) is 2.15. The van der Waals surface area contributed by atoms with Crippen LogP contribution in [0, 0.1) is 18.3 Å². The van der Waals surface area contributed by atoms with E-state index in [1.807, 2.05) is 20.2 Å². The van der Waals surface area contributed by atoms with E-state index in [0.29, 0.717) is 17.8 Å². The van der Waals surface area contributed by atoms with Crippen LogP contribution in [0.1, 0.15) is 23.7 Å². The van der Waals surface area contributed by atoms with Gasteiger partial charge in [-0.05, 0) is 32.0 Å². The molecule has 0 spiro atoms. The number of carbonyl (C=O) groups is 1. The summed E-state index contributed by atoms with van der Waals surface area (Å²) in [5, 5.41) is 19.3. The fourth-order valence-electron chi connectivity index (χ4n) is 2.15. The molecule has 0 aliphatic rings. The molecule has 0 aliphatic heterocycles. The SMILES string of the molecule is CCOC(=O)Nc1ccc(NCc2cn(C)nc2C)cc1C#N. The van der Waals surface area contributed by atoms with Crippen LogP contribution in [0.25, 0.3) is 0 Å². The van der Waals surface area contributed by atoms with E-state index in [2.05, 4.69) is 21.8 Å². The van der Waals surface area contributed by atoms with Gasteiger partial charge in [0.1, 0.15) is 6.07 Å². The summed E-state index contributed by atoms with van der Waals surface area (Å²) >= 11 is 0. The Balaban J connectivity index is 2.08. The van der Waals surface area contributed by atoms with Crippen molar-refractivity contribution in [2.24, 2.45) is 7.05 Å². The normalized spacial score (nSPS) is 10.0. The monoisotopic (exact) mass is 313 g/mol. The van der Waals surface area contributed by atoms with Gasteiger partial charge < -0.3 is 10.1 Å². The van der Waals surface area contributed by atoms with Gasteiger partial charge in [0.15, 0.2) is 0 Å². The molecule has 0 saturated heterocycles. The lowest BCUT2D eigenvalue weighted by molar-refractivity contribution is 0.168. The zero-order valence-corrected chi connectivity index (χ0v) is 13.4. The summed E-state index contributed by atoms with van der Waals surface area (Å²) in [5.41, 5.74) is 3.63. The second kappa shape index (κ2) is 7.31. The number of nitrogens with one attached hydrogen (secondary N) is 2. The van der Waals surface area contributed by atoms with Gasteiger partial charge in [0.25, 0.3) is 0 Å². The molecule has 0 saturated carbocycles. The first-order chi connectivity index (χ1) is 11.0. The highest BCUT2D eigenvalue weighted by Gasteiger charge is 2.09. The van der Waals surface area contributed by atoms with Gasteiger partial charge in [0.2, 0.25) is 0 Å². The van der Waals surface area contributed by atoms with Crippen LogP contribution in [0.15, 0.2) is 24.4 Å². The molecule has 1 amide bonds. The maximum Gasteiger partial charge on any atom is 0.411 e. The van der Waals surface area contributed by atoms with Crippen molar-refractivity contribution in [1.82, 2.24) is 9.78 Å². The number of nitrogens with zero attached hydrogens (tertiary/aromatic N) is 3. The number of rotatable bonds is 5. The Hall–Kier alpha value is -3.01. The molecule has 1 aromatic heterocycles. The van der Waals surface area contributed by atoms with Crippen LogP contribution in [0.2, 0.25) is 0 Å². The van der Waals surface area contributed by atoms with Crippen LogP contribution < -0.4 is 10.6 Å². The number of ether oxygens (including phenoxy) is 1. The molecule has 7 heteroatoms. The molecule has 1 aromatic carbocycles. The number of nitriles is 1. The molecular formula is C16H19N5O2. The van der Waals surface area contributed by atoms with E-state index in [9.17, 15) is 10.1 Å². The average Bonchev–Trinajstić information content (AvgIpc) is 2.84. The van der Waals surface area contributed by atoms with Gasteiger partial charge >= 0.3 is 6.09 Å². The molecule has 2 N–H and O–H groups in total.